The molecule has 1 unspecified atom stereocenters. The molecule has 0 radical (unpaired) electrons. The molecule has 0 aliphatic carbocycles. The van der Waals surface area contributed by atoms with Crippen molar-refractivity contribution in [3.63, 3.8) is 0 Å². The summed E-state index contributed by atoms with van der Waals surface area (Å²) in [7, 11) is -1.51. The van der Waals surface area contributed by atoms with E-state index in [1.807, 2.05) is 30.3 Å². The van der Waals surface area contributed by atoms with E-state index in [0.717, 1.165) is 5.56 Å². The molecule has 6 nitrogen and oxygen atoms in total. The van der Waals surface area contributed by atoms with Gasteiger partial charge in [-0.1, -0.05) is 42.5 Å². The first kappa shape index (κ1) is 18.4. The van der Waals surface area contributed by atoms with Crippen LogP contribution in [0.3, 0.4) is 0 Å². The summed E-state index contributed by atoms with van der Waals surface area (Å²) >= 11 is 0. The van der Waals surface area contributed by atoms with Crippen LogP contribution in [0, 0.1) is 0 Å². The summed E-state index contributed by atoms with van der Waals surface area (Å²) in [5.74, 6) is -1.65. The van der Waals surface area contributed by atoms with Crippen LogP contribution in [0.4, 0.5) is 0 Å². The molecule has 128 valence electrons. The summed E-state index contributed by atoms with van der Waals surface area (Å²) < 4.78 is 17.4. The van der Waals surface area contributed by atoms with E-state index in [9.17, 15) is 13.8 Å². The fourth-order valence-electron chi connectivity index (χ4n) is 2.16. The molecule has 0 spiro atoms. The Hall–Kier alpha value is -2.89. The second kappa shape index (κ2) is 8.82. The Kier molecular flexibility index (Phi) is 6.51. The van der Waals surface area contributed by atoms with Crippen molar-refractivity contribution in [2.75, 3.05) is 6.61 Å². The molecule has 2 aromatic rings. The first-order chi connectivity index (χ1) is 12.1. The standard InChI is InChI=1S/C18H16N2O4S/c1-2-24-18(22)16(20-19)17(21)14-10-6-7-11-15(14)25(23)12-13-8-4-3-5-9-13/h3-11H,2,12H2,1H3. The van der Waals surface area contributed by atoms with Crippen LogP contribution in [0.15, 0.2) is 59.5 Å². The lowest BCUT2D eigenvalue weighted by atomic mass is 10.1. The highest BCUT2D eigenvalue weighted by Gasteiger charge is 2.34. The molecule has 0 saturated carbocycles. The van der Waals surface area contributed by atoms with Gasteiger partial charge in [-0.2, -0.15) is 4.79 Å². The number of carbonyl (C=O) groups is 2. The molecule has 2 rings (SSSR count). The smallest absolute Gasteiger partial charge is 0.446 e. The lowest BCUT2D eigenvalue weighted by molar-refractivity contribution is -0.139. The highest BCUT2D eigenvalue weighted by Crippen LogP contribution is 2.18. The summed E-state index contributed by atoms with van der Waals surface area (Å²) in [6.07, 6.45) is 0. The number of hydrogen-bond acceptors (Lipinski definition) is 4. The Balaban J connectivity index is 2.34. The van der Waals surface area contributed by atoms with Crippen LogP contribution in [-0.4, -0.2) is 33.1 Å². The monoisotopic (exact) mass is 356 g/mol. The Bertz CT molecular complexity index is 858. The molecule has 0 aromatic heterocycles. The van der Waals surface area contributed by atoms with Gasteiger partial charge < -0.3 is 10.3 Å². The normalized spacial score (nSPS) is 11.2. The number of carbonyl (C=O) groups excluding carboxylic acids is 2. The molecule has 0 N–H and O–H groups in total. The summed E-state index contributed by atoms with van der Waals surface area (Å²) in [5, 5.41) is 0. The number of nitrogens with zero attached hydrogens (tertiary/aromatic N) is 2. The number of esters is 1. The van der Waals surface area contributed by atoms with Gasteiger partial charge in [-0.05, 0) is 24.6 Å². The van der Waals surface area contributed by atoms with Crippen molar-refractivity contribution >= 4 is 28.3 Å². The molecule has 25 heavy (non-hydrogen) atoms. The van der Waals surface area contributed by atoms with E-state index < -0.39 is 28.3 Å². The summed E-state index contributed by atoms with van der Waals surface area (Å²) in [5.41, 5.74) is 9.16. The Labute approximate surface area is 147 Å². The molecule has 0 heterocycles. The number of hydrogen-bond donors (Lipinski definition) is 0. The zero-order chi connectivity index (χ0) is 18.2. The van der Waals surface area contributed by atoms with Crippen LogP contribution in [0.2, 0.25) is 0 Å². The van der Waals surface area contributed by atoms with Crippen LogP contribution in [0.25, 0.3) is 5.53 Å². The maximum absolute atomic E-state index is 12.7. The maximum atomic E-state index is 12.7. The summed E-state index contributed by atoms with van der Waals surface area (Å²) in [6, 6.07) is 15.4. The van der Waals surface area contributed by atoms with Gasteiger partial charge >= 0.3 is 11.7 Å². The lowest BCUT2D eigenvalue weighted by Crippen LogP contribution is -2.28. The summed E-state index contributed by atoms with van der Waals surface area (Å²) in [6.45, 7) is 1.60. The number of ketones is 1. The van der Waals surface area contributed by atoms with Crippen LogP contribution < -0.4 is 0 Å². The van der Waals surface area contributed by atoms with Crippen molar-refractivity contribution < 1.29 is 23.3 Å². The van der Waals surface area contributed by atoms with Gasteiger partial charge in [0.25, 0.3) is 5.78 Å². The van der Waals surface area contributed by atoms with Crippen LogP contribution in [-0.2, 0) is 26.1 Å². The van der Waals surface area contributed by atoms with Gasteiger partial charge in [0.05, 0.1) is 28.1 Å². The zero-order valence-electron chi connectivity index (χ0n) is 13.5. The van der Waals surface area contributed by atoms with Crippen molar-refractivity contribution in [1.82, 2.24) is 0 Å². The third kappa shape index (κ3) is 4.56. The third-order valence-corrected chi connectivity index (χ3v) is 4.74. The summed E-state index contributed by atoms with van der Waals surface area (Å²) in [4.78, 5) is 27.3. The van der Waals surface area contributed by atoms with E-state index in [1.54, 1.807) is 25.1 Å². The van der Waals surface area contributed by atoms with E-state index >= 15 is 0 Å². The van der Waals surface area contributed by atoms with E-state index in [-0.39, 0.29) is 22.8 Å². The Morgan fingerprint density at radius 2 is 1.72 bits per heavy atom. The van der Waals surface area contributed by atoms with Crippen molar-refractivity contribution in [3.05, 3.63) is 71.3 Å². The Morgan fingerprint density at radius 1 is 1.08 bits per heavy atom. The van der Waals surface area contributed by atoms with E-state index in [0.29, 0.717) is 0 Å². The number of Topliss-reactive ketones (excluding diaryl/α,β-unsaturated/α-hetero) is 1. The van der Waals surface area contributed by atoms with Gasteiger partial charge in [0.15, 0.2) is 0 Å². The molecule has 0 bridgehead atoms. The number of benzene rings is 2. The van der Waals surface area contributed by atoms with Crippen molar-refractivity contribution in [3.8, 4) is 0 Å². The average Bonchev–Trinajstić information content (AvgIpc) is 2.63. The molecule has 0 aliphatic heterocycles. The van der Waals surface area contributed by atoms with Crippen molar-refractivity contribution in [2.24, 2.45) is 0 Å². The predicted molar refractivity (Wildman–Crippen MR) is 92.6 cm³/mol. The molecule has 0 aliphatic rings. The van der Waals surface area contributed by atoms with Crippen molar-refractivity contribution in [1.29, 1.82) is 0 Å². The molecule has 0 fully saturated rings. The van der Waals surface area contributed by atoms with Crippen molar-refractivity contribution in [2.45, 2.75) is 17.6 Å². The van der Waals surface area contributed by atoms with E-state index in [4.69, 9.17) is 10.3 Å². The molecule has 7 heteroatoms. The maximum Gasteiger partial charge on any atom is 0.446 e. The van der Waals surface area contributed by atoms with E-state index in [1.165, 1.54) is 6.07 Å². The second-order valence-corrected chi connectivity index (χ2v) is 6.39. The zero-order valence-corrected chi connectivity index (χ0v) is 14.4. The molecule has 2 aromatic carbocycles. The van der Waals surface area contributed by atoms with Gasteiger partial charge in [0.2, 0.25) is 0 Å². The predicted octanol–water partition coefficient (Wildman–Crippen LogP) is 2.41. The first-order valence-electron chi connectivity index (χ1n) is 7.53. The average molecular weight is 356 g/mol. The quantitative estimate of drug-likeness (QED) is 0.190. The van der Waals surface area contributed by atoms with Gasteiger partial charge in [0.1, 0.15) is 0 Å². The van der Waals surface area contributed by atoms with Crippen LogP contribution in [0.5, 0.6) is 0 Å². The minimum Gasteiger partial charge on any atom is -0.457 e. The molecule has 1 atom stereocenters. The number of rotatable bonds is 7. The molecule has 0 saturated heterocycles. The van der Waals surface area contributed by atoms with Gasteiger partial charge in [0, 0.05) is 5.56 Å². The third-order valence-electron chi connectivity index (χ3n) is 3.30. The van der Waals surface area contributed by atoms with Gasteiger partial charge in [-0.3, -0.25) is 9.00 Å². The highest BCUT2D eigenvalue weighted by molar-refractivity contribution is 7.84. The molecular formula is C18H16N2O4S. The Morgan fingerprint density at radius 3 is 2.36 bits per heavy atom. The number of ether oxygens (including phenoxy) is 1. The lowest BCUT2D eigenvalue weighted by Gasteiger charge is -2.07. The highest BCUT2D eigenvalue weighted by atomic mass is 32.2. The first-order valence-corrected chi connectivity index (χ1v) is 8.85. The van der Waals surface area contributed by atoms with Crippen LogP contribution >= 0.6 is 0 Å². The molecule has 0 amide bonds. The SMILES string of the molecule is CCOC(=O)C(=[N+]=[N-])C(=O)c1ccccc1S(=O)Cc1ccccc1. The fraction of sp³-hybridized carbons (Fsp3) is 0.167. The van der Waals surface area contributed by atoms with Crippen LogP contribution in [0.1, 0.15) is 22.8 Å². The van der Waals surface area contributed by atoms with Gasteiger partial charge in [-0.15, -0.1) is 0 Å². The fourth-order valence-corrected chi connectivity index (χ4v) is 3.45. The topological polar surface area (TPSA) is 96.8 Å². The minimum atomic E-state index is -1.51. The largest absolute Gasteiger partial charge is 0.457 e. The molecular weight excluding hydrogens is 340 g/mol. The second-order valence-electron chi connectivity index (χ2n) is 4.97. The minimum absolute atomic E-state index is 0.0344. The van der Waals surface area contributed by atoms with Gasteiger partial charge in [-0.25, -0.2) is 4.79 Å². The van der Waals surface area contributed by atoms with E-state index in [2.05, 4.69) is 4.79 Å².